The average Bonchev–Trinajstić information content (AvgIpc) is 2.81. The molecule has 0 radical (unpaired) electrons. The Morgan fingerprint density at radius 2 is 1.19 bits per heavy atom. The summed E-state index contributed by atoms with van der Waals surface area (Å²) in [7, 11) is 1.21. The number of aliphatic carboxylic acids is 1. The highest BCUT2D eigenvalue weighted by molar-refractivity contribution is 5.87. The Kier molecular flexibility index (Phi) is 11.7. The number of methoxy groups -OCH3 is 1. The molecule has 12 heteroatoms. The van der Waals surface area contributed by atoms with Crippen molar-refractivity contribution >= 4 is 24.1 Å². The second-order valence-electron chi connectivity index (χ2n) is 6.89. The van der Waals surface area contributed by atoms with Gasteiger partial charge in [-0.15, -0.1) is 0 Å². The van der Waals surface area contributed by atoms with E-state index in [4.69, 9.17) is 14.6 Å². The Balaban J connectivity index is 0.000000371. The molecule has 0 aromatic heterocycles. The number of hydrogen-bond acceptors (Lipinski definition) is 5. The van der Waals surface area contributed by atoms with Crippen molar-refractivity contribution in [3.63, 3.8) is 0 Å². The van der Waals surface area contributed by atoms with Crippen LogP contribution in [0.3, 0.4) is 0 Å². The molecule has 0 unspecified atom stereocenters. The lowest BCUT2D eigenvalue weighted by Gasteiger charge is -2.11. The molecule has 6 nitrogen and oxygen atoms in total. The number of benzene rings is 2. The van der Waals surface area contributed by atoms with Gasteiger partial charge in [-0.3, -0.25) is 0 Å². The SMILES string of the molecule is CCOc1cc(C(F)(F)F)ccc1C=CC(=O)O.CCOc1cc(C(F)(F)F)ccc1C=CC(=O)OC. The van der Waals surface area contributed by atoms with Crippen LogP contribution >= 0.6 is 0 Å². The fourth-order valence-electron chi connectivity index (χ4n) is 2.64. The molecular formula is C25H24F6O6. The Hall–Kier alpha value is -3.96. The number of carboxylic acids is 1. The maximum absolute atomic E-state index is 12.6. The molecule has 0 aliphatic heterocycles. The summed E-state index contributed by atoms with van der Waals surface area (Å²) in [5.74, 6) is -1.71. The van der Waals surface area contributed by atoms with E-state index in [2.05, 4.69) is 4.74 Å². The van der Waals surface area contributed by atoms with Crippen molar-refractivity contribution in [2.24, 2.45) is 0 Å². The quantitative estimate of drug-likeness (QED) is 0.237. The van der Waals surface area contributed by atoms with Gasteiger partial charge in [-0.25, -0.2) is 9.59 Å². The summed E-state index contributed by atoms with van der Waals surface area (Å²) < 4.78 is 89.7. The molecule has 0 fully saturated rings. The maximum atomic E-state index is 12.6. The maximum Gasteiger partial charge on any atom is 0.416 e. The Morgan fingerprint density at radius 3 is 1.51 bits per heavy atom. The third-order valence-corrected chi connectivity index (χ3v) is 4.29. The van der Waals surface area contributed by atoms with Gasteiger partial charge in [0.2, 0.25) is 0 Å². The van der Waals surface area contributed by atoms with Crippen molar-refractivity contribution < 1.29 is 55.2 Å². The van der Waals surface area contributed by atoms with Gasteiger partial charge in [-0.05, 0) is 50.3 Å². The van der Waals surface area contributed by atoms with Gasteiger partial charge in [-0.1, -0.05) is 12.1 Å². The number of ether oxygens (including phenoxy) is 3. The third kappa shape index (κ3) is 10.7. The van der Waals surface area contributed by atoms with Crippen LogP contribution in [0.15, 0.2) is 48.6 Å². The largest absolute Gasteiger partial charge is 0.493 e. The molecule has 0 amide bonds. The molecule has 0 heterocycles. The van der Waals surface area contributed by atoms with Crippen LogP contribution in [-0.4, -0.2) is 37.4 Å². The first-order valence-corrected chi connectivity index (χ1v) is 10.6. The lowest BCUT2D eigenvalue weighted by Crippen LogP contribution is -2.06. The van der Waals surface area contributed by atoms with Crippen LogP contribution in [0.2, 0.25) is 0 Å². The van der Waals surface area contributed by atoms with Crippen molar-refractivity contribution in [3.8, 4) is 11.5 Å². The Morgan fingerprint density at radius 1 is 0.784 bits per heavy atom. The molecular weight excluding hydrogens is 510 g/mol. The summed E-state index contributed by atoms with van der Waals surface area (Å²) in [5.41, 5.74) is -0.975. The summed E-state index contributed by atoms with van der Waals surface area (Å²) in [6.07, 6.45) is -4.40. The van der Waals surface area contributed by atoms with E-state index < -0.39 is 35.4 Å². The zero-order valence-corrected chi connectivity index (χ0v) is 19.9. The van der Waals surface area contributed by atoms with Gasteiger partial charge in [0.1, 0.15) is 11.5 Å². The van der Waals surface area contributed by atoms with E-state index in [1.54, 1.807) is 13.8 Å². The fourth-order valence-corrected chi connectivity index (χ4v) is 2.64. The van der Waals surface area contributed by atoms with Crippen LogP contribution in [0, 0.1) is 0 Å². The van der Waals surface area contributed by atoms with Crippen LogP contribution in [-0.2, 0) is 26.7 Å². The zero-order valence-electron chi connectivity index (χ0n) is 19.9. The van der Waals surface area contributed by atoms with Crippen molar-refractivity contribution in [1.29, 1.82) is 0 Å². The molecule has 0 saturated heterocycles. The normalized spacial score (nSPS) is 11.7. The van der Waals surface area contributed by atoms with E-state index in [0.29, 0.717) is 5.56 Å². The molecule has 2 aromatic carbocycles. The highest BCUT2D eigenvalue weighted by Gasteiger charge is 2.32. The molecule has 0 bridgehead atoms. The zero-order chi connectivity index (χ0) is 28.2. The molecule has 2 rings (SSSR count). The van der Waals surface area contributed by atoms with E-state index >= 15 is 0 Å². The van der Waals surface area contributed by atoms with Gasteiger partial charge < -0.3 is 19.3 Å². The van der Waals surface area contributed by atoms with Crippen LogP contribution in [0.25, 0.3) is 12.2 Å². The van der Waals surface area contributed by atoms with Gasteiger partial charge in [-0.2, -0.15) is 26.3 Å². The van der Waals surface area contributed by atoms with Crippen LogP contribution in [0.5, 0.6) is 11.5 Å². The highest BCUT2D eigenvalue weighted by atomic mass is 19.4. The number of carbonyl (C=O) groups excluding carboxylic acids is 1. The van der Waals surface area contributed by atoms with Gasteiger partial charge in [0.25, 0.3) is 0 Å². The van der Waals surface area contributed by atoms with Crippen LogP contribution in [0.1, 0.15) is 36.1 Å². The smallest absolute Gasteiger partial charge is 0.416 e. The molecule has 0 aliphatic rings. The van der Waals surface area contributed by atoms with Gasteiger partial charge in [0.05, 0.1) is 31.5 Å². The minimum absolute atomic E-state index is 0.00447. The van der Waals surface area contributed by atoms with Gasteiger partial charge in [0.15, 0.2) is 0 Å². The molecule has 0 spiro atoms. The van der Waals surface area contributed by atoms with E-state index in [1.807, 2.05) is 0 Å². The van der Waals surface area contributed by atoms with Gasteiger partial charge >= 0.3 is 24.3 Å². The topological polar surface area (TPSA) is 82.1 Å². The molecule has 0 atom stereocenters. The van der Waals surface area contributed by atoms with Crippen molar-refractivity contribution in [1.82, 2.24) is 0 Å². The molecule has 2 aromatic rings. The summed E-state index contributed by atoms with van der Waals surface area (Å²) in [6, 6.07) is 5.98. The number of rotatable bonds is 8. The highest BCUT2D eigenvalue weighted by Crippen LogP contribution is 2.34. The number of halogens is 6. The first kappa shape index (κ1) is 31.1. The van der Waals surface area contributed by atoms with Gasteiger partial charge in [0, 0.05) is 23.3 Å². The van der Waals surface area contributed by atoms with E-state index in [9.17, 15) is 35.9 Å². The number of alkyl halides is 6. The van der Waals surface area contributed by atoms with Crippen molar-refractivity contribution in [3.05, 3.63) is 70.8 Å². The van der Waals surface area contributed by atoms with Crippen LogP contribution in [0.4, 0.5) is 26.3 Å². The van der Waals surface area contributed by atoms with E-state index in [0.717, 1.165) is 36.4 Å². The monoisotopic (exact) mass is 534 g/mol. The van der Waals surface area contributed by atoms with Crippen LogP contribution < -0.4 is 9.47 Å². The number of esters is 1. The lowest BCUT2D eigenvalue weighted by atomic mass is 10.1. The predicted molar refractivity (Wildman–Crippen MR) is 123 cm³/mol. The second kappa shape index (κ2) is 14.0. The summed E-state index contributed by atoms with van der Waals surface area (Å²) in [6.45, 7) is 3.70. The minimum Gasteiger partial charge on any atom is -0.493 e. The minimum atomic E-state index is -4.46. The summed E-state index contributed by atoms with van der Waals surface area (Å²) in [4.78, 5) is 21.3. The predicted octanol–water partition coefficient (Wildman–Crippen LogP) is 6.49. The molecule has 202 valence electrons. The van der Waals surface area contributed by atoms with Crippen molar-refractivity contribution in [2.45, 2.75) is 26.2 Å². The first-order chi connectivity index (χ1) is 17.2. The Bertz CT molecular complexity index is 1120. The lowest BCUT2D eigenvalue weighted by molar-refractivity contribution is -0.138. The summed E-state index contributed by atoms with van der Waals surface area (Å²) in [5, 5.41) is 8.47. The molecule has 37 heavy (non-hydrogen) atoms. The second-order valence-corrected chi connectivity index (χ2v) is 6.89. The Labute approximate surface area is 208 Å². The third-order valence-electron chi connectivity index (χ3n) is 4.29. The standard InChI is InChI=1S/C13H13F3O3.C12H11F3O3/c1-3-19-11-8-10(13(14,15)16)6-4-9(11)5-7-12(17)18-2;1-2-18-10-7-9(12(13,14)15)5-3-8(10)4-6-11(16)17/h4-8H,3H2,1-2H3;3-7H,2H2,1H3,(H,16,17). The number of carboxylic acid groups (broad SMARTS) is 1. The average molecular weight is 534 g/mol. The molecule has 1 N–H and O–H groups in total. The fraction of sp³-hybridized carbons (Fsp3) is 0.280. The molecule has 0 aliphatic carbocycles. The van der Waals surface area contributed by atoms with Crippen molar-refractivity contribution in [2.75, 3.05) is 20.3 Å². The molecule has 0 saturated carbocycles. The van der Waals surface area contributed by atoms with E-state index in [1.165, 1.54) is 31.4 Å². The first-order valence-electron chi connectivity index (χ1n) is 10.6. The number of carbonyl (C=O) groups is 2. The number of hydrogen-bond donors (Lipinski definition) is 1. The summed E-state index contributed by atoms with van der Waals surface area (Å²) >= 11 is 0. The van der Waals surface area contributed by atoms with E-state index in [-0.39, 0.29) is 30.3 Å².